The lowest BCUT2D eigenvalue weighted by molar-refractivity contribution is -0.136. The lowest BCUT2D eigenvalue weighted by atomic mass is 10.1. The van der Waals surface area contributed by atoms with Gasteiger partial charge >= 0.3 is 0 Å². The van der Waals surface area contributed by atoms with Crippen molar-refractivity contribution in [2.24, 2.45) is 0 Å². The number of benzene rings is 2. The number of rotatable bonds is 6. The molecule has 1 amide bonds. The summed E-state index contributed by atoms with van der Waals surface area (Å²) >= 11 is 6.06. The van der Waals surface area contributed by atoms with Crippen molar-refractivity contribution in [3.8, 4) is 5.75 Å². The third-order valence-corrected chi connectivity index (χ3v) is 6.95. The monoisotopic (exact) mass is 421 g/mol. The predicted octanol–water partition coefficient (Wildman–Crippen LogP) is 3.55. The second kappa shape index (κ2) is 8.53. The number of hydrogen-bond donors (Lipinski definition) is 0. The number of aryl methyl sites for hydroxylation is 2. The minimum Gasteiger partial charge on any atom is -0.483 e. The van der Waals surface area contributed by atoms with Crippen molar-refractivity contribution < 1.29 is 17.9 Å². The molecule has 0 saturated carbocycles. The Morgan fingerprint density at radius 3 is 2.46 bits per heavy atom. The molecule has 7 heteroatoms. The van der Waals surface area contributed by atoms with Crippen LogP contribution in [0.4, 0.5) is 0 Å². The molecule has 28 heavy (non-hydrogen) atoms. The summed E-state index contributed by atoms with van der Waals surface area (Å²) in [6.45, 7) is 4.03. The topological polar surface area (TPSA) is 63.7 Å². The van der Waals surface area contributed by atoms with Crippen LogP contribution >= 0.6 is 11.6 Å². The molecule has 2 aromatic carbocycles. The second-order valence-corrected chi connectivity index (χ2v) is 9.88. The fraction of sp³-hybridized carbons (Fsp3) is 0.381. The molecule has 0 aliphatic carbocycles. The summed E-state index contributed by atoms with van der Waals surface area (Å²) in [6.07, 6.45) is 0.442. The molecule has 0 spiro atoms. The molecule has 3 rings (SSSR count). The number of carbonyl (C=O) groups excluding carboxylic acids is 1. The normalized spacial score (nSPS) is 18.0. The van der Waals surface area contributed by atoms with Crippen molar-refractivity contribution in [3.05, 3.63) is 64.2 Å². The number of sulfone groups is 1. The molecule has 0 bridgehead atoms. The smallest absolute Gasteiger partial charge is 0.261 e. The Kier molecular flexibility index (Phi) is 6.30. The van der Waals surface area contributed by atoms with Crippen LogP contribution in [-0.2, 0) is 21.2 Å². The van der Waals surface area contributed by atoms with Crippen molar-refractivity contribution in [2.45, 2.75) is 32.9 Å². The Labute approximate surface area is 171 Å². The molecule has 0 radical (unpaired) electrons. The maximum absolute atomic E-state index is 13.0. The number of amides is 1. The molecule has 1 heterocycles. The number of nitrogens with zero attached hydrogens (tertiary/aromatic N) is 1. The van der Waals surface area contributed by atoms with Gasteiger partial charge in [-0.15, -0.1) is 0 Å². The molecule has 1 saturated heterocycles. The van der Waals surface area contributed by atoms with E-state index in [0.717, 1.165) is 16.7 Å². The minimum absolute atomic E-state index is 0.0112. The summed E-state index contributed by atoms with van der Waals surface area (Å²) < 4.78 is 29.7. The van der Waals surface area contributed by atoms with Gasteiger partial charge < -0.3 is 9.64 Å². The highest BCUT2D eigenvalue weighted by Gasteiger charge is 2.34. The summed E-state index contributed by atoms with van der Waals surface area (Å²) in [7, 11) is -3.12. The van der Waals surface area contributed by atoms with E-state index in [1.165, 1.54) is 0 Å². The van der Waals surface area contributed by atoms with E-state index >= 15 is 0 Å². The SMILES string of the molecule is Cc1cccc(C)c1OCC(=O)N(Cc1cccc(Cl)c1)C1CCS(=O)(=O)C1. The van der Waals surface area contributed by atoms with Gasteiger partial charge in [0.25, 0.3) is 5.91 Å². The van der Waals surface area contributed by atoms with Gasteiger partial charge in [0.15, 0.2) is 16.4 Å². The average Bonchev–Trinajstić information content (AvgIpc) is 2.98. The van der Waals surface area contributed by atoms with E-state index in [-0.39, 0.29) is 30.1 Å². The first kappa shape index (κ1) is 20.7. The molecular formula is C21H24ClNO4S. The Bertz CT molecular complexity index is 954. The van der Waals surface area contributed by atoms with Crippen molar-refractivity contribution in [1.29, 1.82) is 0 Å². The largest absolute Gasteiger partial charge is 0.483 e. The number of halogens is 1. The van der Waals surface area contributed by atoms with Crippen molar-refractivity contribution in [3.63, 3.8) is 0 Å². The molecule has 150 valence electrons. The van der Waals surface area contributed by atoms with Crippen LogP contribution in [-0.4, -0.2) is 43.4 Å². The van der Waals surface area contributed by atoms with Crippen LogP contribution in [0.1, 0.15) is 23.1 Å². The zero-order chi connectivity index (χ0) is 20.3. The van der Waals surface area contributed by atoms with Gasteiger partial charge in [-0.05, 0) is 49.1 Å². The second-order valence-electron chi connectivity index (χ2n) is 7.22. The summed E-state index contributed by atoms with van der Waals surface area (Å²) in [5.41, 5.74) is 2.77. The molecule has 0 N–H and O–H groups in total. The van der Waals surface area contributed by atoms with Crippen molar-refractivity contribution in [2.75, 3.05) is 18.1 Å². The molecule has 1 unspecified atom stereocenters. The van der Waals surface area contributed by atoms with Crippen LogP contribution in [0.3, 0.4) is 0 Å². The molecular weight excluding hydrogens is 398 g/mol. The highest BCUT2D eigenvalue weighted by atomic mass is 35.5. The third kappa shape index (κ3) is 5.06. The van der Waals surface area contributed by atoms with E-state index < -0.39 is 9.84 Å². The lowest BCUT2D eigenvalue weighted by Gasteiger charge is -2.28. The zero-order valence-electron chi connectivity index (χ0n) is 16.0. The summed E-state index contributed by atoms with van der Waals surface area (Å²) in [5, 5.41) is 0.579. The van der Waals surface area contributed by atoms with Gasteiger partial charge in [-0.3, -0.25) is 4.79 Å². The Hall–Kier alpha value is -2.05. The van der Waals surface area contributed by atoms with Gasteiger partial charge in [-0.25, -0.2) is 8.42 Å². The molecule has 0 aromatic heterocycles. The van der Waals surface area contributed by atoms with Gasteiger partial charge in [-0.1, -0.05) is 41.9 Å². The summed E-state index contributed by atoms with van der Waals surface area (Å²) in [4.78, 5) is 14.6. The first-order valence-corrected chi connectivity index (χ1v) is 11.4. The van der Waals surface area contributed by atoms with E-state index in [1.54, 1.807) is 17.0 Å². The van der Waals surface area contributed by atoms with Gasteiger partial charge in [0.2, 0.25) is 0 Å². The standard InChI is InChI=1S/C21H24ClNO4S/c1-15-5-3-6-16(2)21(15)27-13-20(24)23(19-9-10-28(25,26)14-19)12-17-7-4-8-18(22)11-17/h3-8,11,19H,9-10,12-14H2,1-2H3. The Morgan fingerprint density at radius 2 is 1.86 bits per heavy atom. The Balaban J connectivity index is 1.78. The van der Waals surface area contributed by atoms with Gasteiger partial charge in [0.05, 0.1) is 11.5 Å². The van der Waals surface area contributed by atoms with Crippen LogP contribution in [0.15, 0.2) is 42.5 Å². The van der Waals surface area contributed by atoms with Crippen molar-refractivity contribution in [1.82, 2.24) is 4.90 Å². The molecule has 5 nitrogen and oxygen atoms in total. The highest BCUT2D eigenvalue weighted by molar-refractivity contribution is 7.91. The van der Waals surface area contributed by atoms with Gasteiger partial charge in [0.1, 0.15) is 5.75 Å². The maximum Gasteiger partial charge on any atom is 0.261 e. The first-order valence-electron chi connectivity index (χ1n) is 9.18. The number of para-hydroxylation sites is 1. The lowest BCUT2D eigenvalue weighted by Crippen LogP contribution is -2.43. The van der Waals surface area contributed by atoms with E-state index in [1.807, 2.05) is 44.2 Å². The number of carbonyl (C=O) groups is 1. The number of ether oxygens (including phenoxy) is 1. The fourth-order valence-corrected chi connectivity index (χ4v) is 5.46. The quantitative estimate of drug-likeness (QED) is 0.715. The van der Waals surface area contributed by atoms with Gasteiger partial charge in [0, 0.05) is 17.6 Å². The first-order chi connectivity index (χ1) is 13.2. The number of hydrogen-bond acceptors (Lipinski definition) is 4. The van der Waals surface area contributed by atoms with Crippen LogP contribution in [0, 0.1) is 13.8 Å². The molecule has 1 aliphatic rings. The van der Waals surface area contributed by atoms with Crippen molar-refractivity contribution >= 4 is 27.3 Å². The van der Waals surface area contributed by atoms with Crippen LogP contribution in [0.5, 0.6) is 5.75 Å². The average molecular weight is 422 g/mol. The molecule has 1 aliphatic heterocycles. The van der Waals surface area contributed by atoms with Gasteiger partial charge in [-0.2, -0.15) is 0 Å². The highest BCUT2D eigenvalue weighted by Crippen LogP contribution is 2.24. The zero-order valence-corrected chi connectivity index (χ0v) is 17.6. The van der Waals surface area contributed by atoms with Crippen LogP contribution in [0.25, 0.3) is 0 Å². The molecule has 1 fully saturated rings. The summed E-state index contributed by atoms with van der Waals surface area (Å²) in [5.74, 6) is 0.555. The predicted molar refractivity (Wildman–Crippen MR) is 110 cm³/mol. The third-order valence-electron chi connectivity index (χ3n) is 4.96. The maximum atomic E-state index is 13.0. The minimum atomic E-state index is -3.12. The van der Waals surface area contributed by atoms with E-state index in [2.05, 4.69) is 0 Å². The van der Waals surface area contributed by atoms with E-state index in [4.69, 9.17) is 16.3 Å². The molecule has 1 atom stereocenters. The van der Waals surface area contributed by atoms with Crippen LogP contribution in [0.2, 0.25) is 5.02 Å². The Morgan fingerprint density at radius 1 is 1.18 bits per heavy atom. The summed E-state index contributed by atoms with van der Waals surface area (Å²) in [6, 6.07) is 12.7. The fourth-order valence-electron chi connectivity index (χ4n) is 3.52. The van der Waals surface area contributed by atoms with E-state index in [0.29, 0.717) is 23.7 Å². The van der Waals surface area contributed by atoms with Crippen LogP contribution < -0.4 is 4.74 Å². The molecule has 2 aromatic rings. The van der Waals surface area contributed by atoms with E-state index in [9.17, 15) is 13.2 Å².